The summed E-state index contributed by atoms with van der Waals surface area (Å²) >= 11 is 0. The van der Waals surface area contributed by atoms with Crippen LogP contribution in [0.2, 0.25) is 0 Å². The number of hydrogen-bond donors (Lipinski definition) is 1. The van der Waals surface area contributed by atoms with E-state index >= 15 is 0 Å². The van der Waals surface area contributed by atoms with Crippen LogP contribution in [-0.4, -0.2) is 62.6 Å². The fourth-order valence-corrected chi connectivity index (χ4v) is 3.51. The van der Waals surface area contributed by atoms with Gasteiger partial charge in [-0.3, -0.25) is 14.6 Å². The Labute approximate surface area is 148 Å². The van der Waals surface area contributed by atoms with E-state index in [4.69, 9.17) is 0 Å². The lowest BCUT2D eigenvalue weighted by molar-refractivity contribution is -0.144. The Hall–Kier alpha value is -2.18. The zero-order chi connectivity index (χ0) is 18.0. The standard InChI is InChI=1S/C19H26N4O2/c1-14(2)22-9-11-23(12-10-22)17(19(24)25)16-13-20-18(21(16)3)15-7-5-4-6-8-15/h4-8,13-14,17H,9-12H2,1-3H3,(H,24,25). The molecule has 2 heterocycles. The smallest absolute Gasteiger partial charge is 0.327 e. The maximum atomic E-state index is 12.0. The van der Waals surface area contributed by atoms with Gasteiger partial charge in [0.1, 0.15) is 5.82 Å². The van der Waals surface area contributed by atoms with Crippen molar-refractivity contribution in [1.82, 2.24) is 19.4 Å². The molecule has 1 saturated heterocycles. The molecule has 0 amide bonds. The molecule has 1 atom stereocenters. The molecule has 0 spiro atoms. The highest BCUT2D eigenvalue weighted by molar-refractivity contribution is 5.75. The summed E-state index contributed by atoms with van der Waals surface area (Å²) in [5.41, 5.74) is 1.72. The molecule has 1 N–H and O–H groups in total. The second-order valence-corrected chi connectivity index (χ2v) is 6.84. The van der Waals surface area contributed by atoms with Gasteiger partial charge in [0, 0.05) is 44.8 Å². The van der Waals surface area contributed by atoms with E-state index in [-0.39, 0.29) is 0 Å². The van der Waals surface area contributed by atoms with E-state index in [0.717, 1.165) is 43.3 Å². The molecule has 6 nitrogen and oxygen atoms in total. The van der Waals surface area contributed by atoms with Crippen LogP contribution in [0.25, 0.3) is 11.4 Å². The molecule has 0 saturated carbocycles. The molecule has 134 valence electrons. The van der Waals surface area contributed by atoms with Crippen LogP contribution >= 0.6 is 0 Å². The molecule has 1 aliphatic rings. The number of carboxylic acids is 1. The zero-order valence-electron chi connectivity index (χ0n) is 15.1. The lowest BCUT2D eigenvalue weighted by atomic mass is 10.1. The van der Waals surface area contributed by atoms with Gasteiger partial charge in [-0.1, -0.05) is 30.3 Å². The third kappa shape index (κ3) is 3.60. The third-order valence-corrected chi connectivity index (χ3v) is 5.01. The van der Waals surface area contributed by atoms with Crippen LogP contribution in [0.1, 0.15) is 25.6 Å². The normalized spacial score (nSPS) is 17.8. The summed E-state index contributed by atoms with van der Waals surface area (Å²) in [7, 11) is 1.89. The number of piperazine rings is 1. The zero-order valence-corrected chi connectivity index (χ0v) is 15.1. The second kappa shape index (κ2) is 7.37. The summed E-state index contributed by atoms with van der Waals surface area (Å²) in [6.07, 6.45) is 1.70. The van der Waals surface area contributed by atoms with Gasteiger partial charge in [-0.15, -0.1) is 0 Å². The lowest BCUT2D eigenvalue weighted by Gasteiger charge is -2.39. The van der Waals surface area contributed by atoms with Gasteiger partial charge in [0.15, 0.2) is 6.04 Å². The van der Waals surface area contributed by atoms with Crippen LogP contribution in [-0.2, 0) is 11.8 Å². The molecule has 6 heteroatoms. The van der Waals surface area contributed by atoms with Crippen molar-refractivity contribution in [2.24, 2.45) is 7.05 Å². The average molecular weight is 342 g/mol. The molecule has 25 heavy (non-hydrogen) atoms. The van der Waals surface area contributed by atoms with E-state index < -0.39 is 12.0 Å². The van der Waals surface area contributed by atoms with Gasteiger partial charge in [-0.05, 0) is 13.8 Å². The summed E-state index contributed by atoms with van der Waals surface area (Å²) in [5, 5.41) is 9.86. The van der Waals surface area contributed by atoms with Crippen molar-refractivity contribution < 1.29 is 9.90 Å². The van der Waals surface area contributed by atoms with Crippen molar-refractivity contribution in [1.29, 1.82) is 0 Å². The molecular formula is C19H26N4O2. The van der Waals surface area contributed by atoms with Crippen LogP contribution in [0.4, 0.5) is 0 Å². The Bertz CT molecular complexity index is 718. The minimum absolute atomic E-state index is 0.492. The topological polar surface area (TPSA) is 61.6 Å². The molecule has 0 radical (unpaired) electrons. The Morgan fingerprint density at radius 2 is 1.68 bits per heavy atom. The SMILES string of the molecule is CC(C)N1CCN(C(C(=O)O)c2cnc(-c3ccccc3)n2C)CC1. The molecule has 1 fully saturated rings. The molecular weight excluding hydrogens is 316 g/mol. The van der Waals surface area contributed by atoms with Crippen molar-refractivity contribution in [2.45, 2.75) is 25.9 Å². The number of carbonyl (C=O) groups is 1. The van der Waals surface area contributed by atoms with Crippen molar-refractivity contribution in [3.8, 4) is 11.4 Å². The summed E-state index contributed by atoms with van der Waals surface area (Å²) in [6.45, 7) is 7.65. The highest BCUT2D eigenvalue weighted by Crippen LogP contribution is 2.27. The fraction of sp³-hybridized carbons (Fsp3) is 0.474. The van der Waals surface area contributed by atoms with Crippen LogP contribution in [0.15, 0.2) is 36.5 Å². The third-order valence-electron chi connectivity index (χ3n) is 5.01. The highest BCUT2D eigenvalue weighted by atomic mass is 16.4. The van der Waals surface area contributed by atoms with Crippen LogP contribution < -0.4 is 0 Å². The van der Waals surface area contributed by atoms with Crippen molar-refractivity contribution in [2.75, 3.05) is 26.2 Å². The van der Waals surface area contributed by atoms with Crippen molar-refractivity contribution in [3.05, 3.63) is 42.2 Å². The Morgan fingerprint density at radius 3 is 2.24 bits per heavy atom. The van der Waals surface area contributed by atoms with Gasteiger partial charge in [0.2, 0.25) is 0 Å². The first kappa shape index (κ1) is 17.6. The largest absolute Gasteiger partial charge is 0.480 e. The summed E-state index contributed by atoms with van der Waals surface area (Å²) < 4.78 is 1.91. The molecule has 1 unspecified atom stereocenters. The van der Waals surface area contributed by atoms with Crippen molar-refractivity contribution in [3.63, 3.8) is 0 Å². The number of aliphatic carboxylic acids is 1. The second-order valence-electron chi connectivity index (χ2n) is 6.84. The van der Waals surface area contributed by atoms with Gasteiger partial charge < -0.3 is 9.67 Å². The van der Waals surface area contributed by atoms with Gasteiger partial charge >= 0.3 is 5.97 Å². The highest BCUT2D eigenvalue weighted by Gasteiger charge is 2.33. The first-order valence-electron chi connectivity index (χ1n) is 8.77. The van der Waals surface area contributed by atoms with Gasteiger partial charge in [0.05, 0.1) is 11.9 Å². The van der Waals surface area contributed by atoms with Crippen molar-refractivity contribution >= 4 is 5.97 Å². The number of benzene rings is 1. The predicted octanol–water partition coefficient (Wildman–Crippen LogP) is 2.24. The van der Waals surface area contributed by atoms with Crippen LogP contribution in [0, 0.1) is 0 Å². The van der Waals surface area contributed by atoms with E-state index in [1.54, 1.807) is 6.20 Å². The monoisotopic (exact) mass is 342 g/mol. The van der Waals surface area contributed by atoms with Gasteiger partial charge in [-0.25, -0.2) is 4.98 Å². The molecule has 1 aliphatic heterocycles. The molecule has 0 bridgehead atoms. The number of carboxylic acid groups (broad SMARTS) is 1. The van der Waals surface area contributed by atoms with E-state index in [0.29, 0.717) is 6.04 Å². The fourth-order valence-electron chi connectivity index (χ4n) is 3.51. The van der Waals surface area contributed by atoms with E-state index in [1.807, 2.05) is 46.8 Å². The number of aromatic nitrogens is 2. The average Bonchev–Trinajstić information content (AvgIpc) is 2.97. The van der Waals surface area contributed by atoms with E-state index in [2.05, 4.69) is 23.7 Å². The summed E-state index contributed by atoms with van der Waals surface area (Å²) in [4.78, 5) is 20.9. The molecule has 1 aromatic heterocycles. The predicted molar refractivity (Wildman–Crippen MR) is 97.3 cm³/mol. The van der Waals surface area contributed by atoms with Crippen LogP contribution in [0.5, 0.6) is 0 Å². The molecule has 1 aromatic carbocycles. The Balaban J connectivity index is 1.85. The summed E-state index contributed by atoms with van der Waals surface area (Å²) in [5.74, 6) is -0.0247. The minimum Gasteiger partial charge on any atom is -0.480 e. The Kier molecular flexibility index (Phi) is 5.20. The summed E-state index contributed by atoms with van der Waals surface area (Å²) in [6, 6.07) is 9.69. The number of hydrogen-bond acceptors (Lipinski definition) is 4. The van der Waals surface area contributed by atoms with Crippen LogP contribution in [0.3, 0.4) is 0 Å². The quantitative estimate of drug-likeness (QED) is 0.903. The van der Waals surface area contributed by atoms with Gasteiger partial charge in [0.25, 0.3) is 0 Å². The first-order valence-corrected chi connectivity index (χ1v) is 8.77. The first-order chi connectivity index (χ1) is 12.0. The maximum Gasteiger partial charge on any atom is 0.327 e. The number of imidazole rings is 1. The molecule has 2 aromatic rings. The molecule has 0 aliphatic carbocycles. The molecule has 3 rings (SSSR count). The maximum absolute atomic E-state index is 12.0. The number of rotatable bonds is 5. The van der Waals surface area contributed by atoms with E-state index in [1.165, 1.54) is 0 Å². The lowest BCUT2D eigenvalue weighted by Crippen LogP contribution is -2.51. The minimum atomic E-state index is -0.819. The van der Waals surface area contributed by atoms with E-state index in [9.17, 15) is 9.90 Å². The van der Waals surface area contributed by atoms with Gasteiger partial charge in [-0.2, -0.15) is 0 Å². The number of nitrogens with zero attached hydrogens (tertiary/aromatic N) is 4. The Morgan fingerprint density at radius 1 is 1.08 bits per heavy atom.